The van der Waals surface area contributed by atoms with Gasteiger partial charge in [-0.25, -0.2) is 22.6 Å². The van der Waals surface area contributed by atoms with Crippen molar-refractivity contribution >= 4 is 21.7 Å². The Morgan fingerprint density at radius 1 is 1.22 bits per heavy atom. The van der Waals surface area contributed by atoms with Crippen LogP contribution in [0.5, 0.6) is 5.88 Å². The summed E-state index contributed by atoms with van der Waals surface area (Å²) in [6, 6.07) is 1.45. The monoisotopic (exact) mass is 388 g/mol. The Labute approximate surface area is 156 Å². The number of nitrogens with one attached hydrogen (secondary N) is 2. The first kappa shape index (κ1) is 16.6. The molecule has 0 radical (unpaired) electrons. The Morgan fingerprint density at radius 3 is 2.56 bits per heavy atom. The van der Waals surface area contributed by atoms with E-state index in [1.165, 1.54) is 22.0 Å². The van der Waals surface area contributed by atoms with E-state index < -0.39 is 16.1 Å². The summed E-state index contributed by atoms with van der Waals surface area (Å²) in [4.78, 5) is 12.3. The van der Waals surface area contributed by atoms with Crippen LogP contribution < -0.4 is 14.8 Å². The van der Waals surface area contributed by atoms with Crippen LogP contribution in [0, 0.1) is 5.92 Å². The molecule has 2 aromatic rings. The Balaban J connectivity index is 1.38. The summed E-state index contributed by atoms with van der Waals surface area (Å²) in [5.41, 5.74) is 5.54. The van der Waals surface area contributed by atoms with Crippen molar-refractivity contribution in [2.24, 2.45) is 5.92 Å². The van der Waals surface area contributed by atoms with Crippen LogP contribution in [-0.4, -0.2) is 30.8 Å². The number of hydrogen-bond acceptors (Lipinski definition) is 5. The van der Waals surface area contributed by atoms with Crippen LogP contribution in [0.3, 0.4) is 0 Å². The van der Waals surface area contributed by atoms with Gasteiger partial charge in [-0.15, -0.1) is 0 Å². The van der Waals surface area contributed by atoms with Crippen LogP contribution in [0.4, 0.5) is 10.5 Å². The number of benzene rings is 1. The minimum absolute atomic E-state index is 0.112. The van der Waals surface area contributed by atoms with Crippen LogP contribution in [0.25, 0.3) is 0 Å². The number of ether oxygens (including phenoxy) is 1. The van der Waals surface area contributed by atoms with E-state index in [-0.39, 0.29) is 16.7 Å². The van der Waals surface area contributed by atoms with Gasteiger partial charge < -0.3 is 10.1 Å². The van der Waals surface area contributed by atoms with Gasteiger partial charge in [0.1, 0.15) is 0 Å². The van der Waals surface area contributed by atoms with Gasteiger partial charge in [0.2, 0.25) is 5.88 Å². The fourth-order valence-electron chi connectivity index (χ4n) is 3.92. The lowest BCUT2D eigenvalue weighted by atomic mass is 9.76. The molecule has 0 spiro atoms. The van der Waals surface area contributed by atoms with E-state index in [0.717, 1.165) is 42.5 Å². The van der Waals surface area contributed by atoms with Crippen molar-refractivity contribution < 1.29 is 17.9 Å². The zero-order chi connectivity index (χ0) is 18.8. The van der Waals surface area contributed by atoms with E-state index in [1.807, 2.05) is 6.92 Å². The lowest BCUT2D eigenvalue weighted by molar-refractivity contribution is 0.170. The molecule has 0 bridgehead atoms. The van der Waals surface area contributed by atoms with Gasteiger partial charge in [-0.3, -0.25) is 0 Å². The van der Waals surface area contributed by atoms with E-state index in [2.05, 4.69) is 21.2 Å². The second-order valence-electron chi connectivity index (χ2n) is 7.50. The lowest BCUT2D eigenvalue weighted by Crippen LogP contribution is -2.36. The highest BCUT2D eigenvalue weighted by atomic mass is 32.2. The Bertz CT molecular complexity index is 1040. The van der Waals surface area contributed by atoms with Crippen molar-refractivity contribution in [3.8, 4) is 5.88 Å². The molecular weight excluding hydrogens is 368 g/mol. The van der Waals surface area contributed by atoms with Crippen LogP contribution in [0.1, 0.15) is 29.2 Å². The van der Waals surface area contributed by atoms with Crippen molar-refractivity contribution in [1.82, 2.24) is 14.5 Å². The lowest BCUT2D eigenvalue weighted by Gasteiger charge is -2.32. The number of nitrogens with zero attached hydrogens (tertiary/aromatic N) is 2. The molecular formula is C18H20N4O4S. The number of anilines is 1. The van der Waals surface area contributed by atoms with Gasteiger partial charge in [-0.1, -0.05) is 13.0 Å². The number of carbonyl (C=O) groups is 1. The molecule has 1 aromatic carbocycles. The first-order valence-electron chi connectivity index (χ1n) is 9.11. The first-order chi connectivity index (χ1) is 12.9. The summed E-state index contributed by atoms with van der Waals surface area (Å²) in [6.07, 6.45) is 5.07. The Hall–Kier alpha value is -2.55. The number of aryl methyl sites for hydroxylation is 2. The van der Waals surface area contributed by atoms with E-state index >= 15 is 0 Å². The van der Waals surface area contributed by atoms with Crippen molar-refractivity contribution in [2.45, 2.75) is 44.0 Å². The summed E-state index contributed by atoms with van der Waals surface area (Å²) in [5.74, 6) is 0.430. The second-order valence-corrected chi connectivity index (χ2v) is 9.15. The third-order valence-corrected chi connectivity index (χ3v) is 6.83. The fourth-order valence-corrected chi connectivity index (χ4v) is 4.91. The number of carbonyl (C=O) groups excluding carboxylic acids is 1. The van der Waals surface area contributed by atoms with Gasteiger partial charge in [0.15, 0.2) is 4.90 Å². The number of fused-ring (bicyclic) bond motifs is 3. The molecule has 2 amide bonds. The van der Waals surface area contributed by atoms with Crippen molar-refractivity contribution in [3.63, 3.8) is 0 Å². The van der Waals surface area contributed by atoms with Crippen LogP contribution in [0.2, 0.25) is 0 Å². The largest absolute Gasteiger partial charge is 0.477 e. The maximum Gasteiger partial charge on any atom is 0.333 e. The molecule has 2 heterocycles. The summed E-state index contributed by atoms with van der Waals surface area (Å²) < 4.78 is 34.5. The van der Waals surface area contributed by atoms with Gasteiger partial charge in [0.25, 0.3) is 10.0 Å². The molecule has 9 heteroatoms. The minimum atomic E-state index is -4.08. The third-order valence-electron chi connectivity index (χ3n) is 5.52. The van der Waals surface area contributed by atoms with E-state index in [0.29, 0.717) is 13.2 Å². The number of hydrogen-bond donors (Lipinski definition) is 2. The average Bonchev–Trinajstić information content (AvgIpc) is 2.95. The molecule has 1 aromatic heterocycles. The van der Waals surface area contributed by atoms with Crippen LogP contribution >= 0.6 is 0 Å². The predicted molar refractivity (Wildman–Crippen MR) is 97.5 cm³/mol. The van der Waals surface area contributed by atoms with Gasteiger partial charge in [0.05, 0.1) is 19.3 Å². The highest BCUT2D eigenvalue weighted by Crippen LogP contribution is 2.40. The number of sulfonamides is 1. The van der Waals surface area contributed by atoms with Gasteiger partial charge >= 0.3 is 6.03 Å². The van der Waals surface area contributed by atoms with Crippen molar-refractivity contribution in [3.05, 3.63) is 34.5 Å². The van der Waals surface area contributed by atoms with Crippen LogP contribution in [0.15, 0.2) is 17.2 Å². The number of urea groups is 1. The summed E-state index contributed by atoms with van der Waals surface area (Å²) in [7, 11) is -4.08. The standard InChI is InChI=1S/C18H20N4O4S/c1-10-8-22-17(26-9-10)15(7-19-22)27(24,25)21-18(23)20-16-13-4-2-11(13)6-12-3-5-14(12)16/h6-7,10H,2-5,8-9H2,1H3,(H2,20,21,23). The maximum atomic E-state index is 12.7. The number of rotatable bonds is 3. The van der Waals surface area contributed by atoms with Crippen LogP contribution in [-0.2, 0) is 42.3 Å². The fraction of sp³-hybridized carbons (Fsp3) is 0.444. The predicted octanol–water partition coefficient (Wildman–Crippen LogP) is 1.62. The van der Waals surface area contributed by atoms with E-state index in [9.17, 15) is 13.2 Å². The normalized spacial score (nSPS) is 19.5. The molecule has 1 atom stereocenters. The third kappa shape index (κ3) is 2.60. The molecule has 1 unspecified atom stereocenters. The van der Waals surface area contributed by atoms with Crippen molar-refractivity contribution in [1.29, 1.82) is 0 Å². The Morgan fingerprint density at radius 2 is 1.93 bits per heavy atom. The van der Waals surface area contributed by atoms with Crippen molar-refractivity contribution in [2.75, 3.05) is 11.9 Å². The molecule has 3 aliphatic rings. The summed E-state index contributed by atoms with van der Waals surface area (Å²) >= 11 is 0. The Kier molecular flexibility index (Phi) is 3.52. The molecule has 8 nitrogen and oxygen atoms in total. The average molecular weight is 388 g/mol. The topological polar surface area (TPSA) is 102 Å². The molecule has 2 N–H and O–H groups in total. The van der Waals surface area contributed by atoms with Gasteiger partial charge in [-0.05, 0) is 47.9 Å². The molecule has 2 aliphatic carbocycles. The molecule has 5 rings (SSSR count). The SMILES string of the molecule is CC1COc2c(S(=O)(=O)NC(=O)Nc3c4c(cc5c3CC5)CC4)cnn2C1. The van der Waals surface area contributed by atoms with Gasteiger partial charge in [-0.2, -0.15) is 5.10 Å². The number of aromatic nitrogens is 2. The molecule has 0 fully saturated rings. The maximum absolute atomic E-state index is 12.7. The molecule has 1 aliphatic heterocycles. The van der Waals surface area contributed by atoms with Gasteiger partial charge in [0, 0.05) is 11.6 Å². The smallest absolute Gasteiger partial charge is 0.333 e. The zero-order valence-electron chi connectivity index (χ0n) is 14.9. The van der Waals surface area contributed by atoms with E-state index in [1.54, 1.807) is 0 Å². The summed E-state index contributed by atoms with van der Waals surface area (Å²) in [6.45, 7) is 3.00. The highest BCUT2D eigenvalue weighted by molar-refractivity contribution is 7.90. The molecule has 27 heavy (non-hydrogen) atoms. The molecule has 142 valence electrons. The summed E-state index contributed by atoms with van der Waals surface area (Å²) in [5, 5.41) is 6.85. The second kappa shape index (κ2) is 5.72. The van der Waals surface area contributed by atoms with E-state index in [4.69, 9.17) is 4.74 Å². The zero-order valence-corrected chi connectivity index (χ0v) is 15.7. The minimum Gasteiger partial charge on any atom is -0.477 e. The highest BCUT2D eigenvalue weighted by Gasteiger charge is 2.32. The first-order valence-corrected chi connectivity index (χ1v) is 10.6. The quantitative estimate of drug-likeness (QED) is 0.832. The number of amides is 2. The molecule has 0 saturated carbocycles. The molecule has 0 saturated heterocycles.